The molecule has 5 heteroatoms. The molecule has 0 radical (unpaired) electrons. The minimum Gasteiger partial charge on any atom is -0.294 e. The van der Waals surface area contributed by atoms with Crippen molar-refractivity contribution in [3.05, 3.63) is 63.6 Å². The molecule has 0 spiro atoms. The lowest BCUT2D eigenvalue weighted by atomic mass is 10.0. The molecule has 2 nitrogen and oxygen atoms in total. The third kappa shape index (κ3) is 2.86. The van der Waals surface area contributed by atoms with Crippen molar-refractivity contribution in [1.29, 1.82) is 0 Å². The van der Waals surface area contributed by atoms with Crippen LogP contribution in [0.5, 0.6) is 0 Å². The summed E-state index contributed by atoms with van der Waals surface area (Å²) in [5.41, 5.74) is 1.03. The van der Waals surface area contributed by atoms with Crippen molar-refractivity contribution < 1.29 is 9.18 Å². The van der Waals surface area contributed by atoms with Crippen LogP contribution in [-0.2, 0) is 6.42 Å². The number of benzene rings is 1. The lowest BCUT2D eigenvalue weighted by Gasteiger charge is -2.04. The Labute approximate surface area is 113 Å². The molecule has 1 heterocycles. The van der Waals surface area contributed by atoms with E-state index in [0.717, 1.165) is 0 Å². The Morgan fingerprint density at radius 3 is 2.67 bits per heavy atom. The summed E-state index contributed by atoms with van der Waals surface area (Å²) in [6, 6.07) is 5.56. The maximum Gasteiger partial charge on any atom is 0.167 e. The Morgan fingerprint density at radius 1 is 1.22 bits per heavy atom. The Morgan fingerprint density at radius 2 is 2.00 bits per heavy atom. The van der Waals surface area contributed by atoms with Crippen molar-refractivity contribution in [2.75, 3.05) is 0 Å². The number of ketones is 1. The molecule has 2 rings (SSSR count). The van der Waals surface area contributed by atoms with E-state index < -0.39 is 5.82 Å². The zero-order valence-electron chi connectivity index (χ0n) is 9.16. The number of pyridine rings is 1. The van der Waals surface area contributed by atoms with Gasteiger partial charge in [-0.15, -0.1) is 0 Å². The normalized spacial score (nSPS) is 10.4. The average molecular weight is 284 g/mol. The first-order valence-electron chi connectivity index (χ1n) is 5.14. The summed E-state index contributed by atoms with van der Waals surface area (Å²) in [6.07, 6.45) is 3.16. The molecule has 0 saturated heterocycles. The van der Waals surface area contributed by atoms with Crippen LogP contribution >= 0.6 is 23.2 Å². The van der Waals surface area contributed by atoms with E-state index >= 15 is 0 Å². The Balaban J connectivity index is 2.22. The number of Topliss-reactive ketones (excluding diaryl/α,β-unsaturated/α-hetero) is 1. The van der Waals surface area contributed by atoms with E-state index in [1.165, 1.54) is 24.4 Å². The van der Waals surface area contributed by atoms with Gasteiger partial charge in [-0.1, -0.05) is 23.2 Å². The average Bonchev–Trinajstić information content (AvgIpc) is 2.35. The van der Waals surface area contributed by atoms with Crippen LogP contribution < -0.4 is 0 Å². The summed E-state index contributed by atoms with van der Waals surface area (Å²) >= 11 is 11.5. The van der Waals surface area contributed by atoms with E-state index in [4.69, 9.17) is 23.2 Å². The summed E-state index contributed by atoms with van der Waals surface area (Å²) < 4.78 is 13.0. The van der Waals surface area contributed by atoms with Crippen LogP contribution in [0.4, 0.5) is 4.39 Å². The van der Waals surface area contributed by atoms with Crippen LogP contribution in [0.2, 0.25) is 10.0 Å². The first-order chi connectivity index (χ1) is 8.58. The predicted octanol–water partition coefficient (Wildman–Crippen LogP) is 3.95. The van der Waals surface area contributed by atoms with Gasteiger partial charge in [-0.2, -0.15) is 0 Å². The standard InChI is InChI=1S/C13H8Cl2FNO/c14-10-5-9(1-2-12(10)16)13(18)6-8-3-4-17-7-11(8)15/h1-5,7H,6H2. The molecule has 92 valence electrons. The molecule has 18 heavy (non-hydrogen) atoms. The van der Waals surface area contributed by atoms with Crippen LogP contribution in [0.25, 0.3) is 0 Å². The maximum absolute atomic E-state index is 13.0. The first kappa shape index (κ1) is 13.0. The lowest BCUT2D eigenvalue weighted by Crippen LogP contribution is -2.04. The minimum atomic E-state index is -0.546. The van der Waals surface area contributed by atoms with Gasteiger partial charge in [0.2, 0.25) is 0 Å². The molecule has 0 aliphatic carbocycles. The Bertz CT molecular complexity index is 601. The summed E-state index contributed by atoms with van der Waals surface area (Å²) in [7, 11) is 0. The van der Waals surface area contributed by atoms with E-state index in [1.807, 2.05) is 0 Å². The molecule has 1 aromatic heterocycles. The number of carbonyl (C=O) groups is 1. The highest BCUT2D eigenvalue weighted by molar-refractivity contribution is 6.32. The molecular formula is C13H8Cl2FNO. The van der Waals surface area contributed by atoms with Gasteiger partial charge in [0.15, 0.2) is 5.78 Å². The van der Waals surface area contributed by atoms with E-state index in [0.29, 0.717) is 16.1 Å². The molecule has 2 aromatic rings. The molecule has 0 amide bonds. The molecule has 0 fully saturated rings. The molecule has 0 N–H and O–H groups in total. The number of hydrogen-bond acceptors (Lipinski definition) is 2. The number of aromatic nitrogens is 1. The zero-order chi connectivity index (χ0) is 13.1. The van der Waals surface area contributed by atoms with Gasteiger partial charge >= 0.3 is 0 Å². The molecule has 0 aliphatic rings. The summed E-state index contributed by atoms with van der Waals surface area (Å²) in [5, 5.41) is 0.362. The van der Waals surface area contributed by atoms with Crippen LogP contribution in [0.15, 0.2) is 36.7 Å². The van der Waals surface area contributed by atoms with Gasteiger partial charge in [-0.3, -0.25) is 9.78 Å². The van der Waals surface area contributed by atoms with Crippen LogP contribution in [0.1, 0.15) is 15.9 Å². The highest BCUT2D eigenvalue weighted by Gasteiger charge is 2.11. The SMILES string of the molecule is O=C(Cc1ccncc1Cl)c1ccc(F)c(Cl)c1. The van der Waals surface area contributed by atoms with Gasteiger partial charge in [0.05, 0.1) is 10.0 Å². The van der Waals surface area contributed by atoms with Gasteiger partial charge in [0, 0.05) is 24.4 Å². The van der Waals surface area contributed by atoms with E-state index in [1.54, 1.807) is 12.3 Å². The summed E-state index contributed by atoms with van der Waals surface area (Å²) in [5.74, 6) is -0.722. The Hall–Kier alpha value is -1.45. The van der Waals surface area contributed by atoms with Crippen molar-refractivity contribution in [2.24, 2.45) is 0 Å². The van der Waals surface area contributed by atoms with Gasteiger partial charge < -0.3 is 0 Å². The number of rotatable bonds is 3. The van der Waals surface area contributed by atoms with E-state index in [-0.39, 0.29) is 17.2 Å². The second kappa shape index (κ2) is 5.46. The van der Waals surface area contributed by atoms with Gasteiger partial charge in [-0.05, 0) is 29.8 Å². The second-order valence-corrected chi connectivity index (χ2v) is 4.51. The Kier molecular flexibility index (Phi) is 3.94. The minimum absolute atomic E-state index is 0.0679. The molecular weight excluding hydrogens is 276 g/mol. The first-order valence-corrected chi connectivity index (χ1v) is 5.90. The highest BCUT2D eigenvalue weighted by atomic mass is 35.5. The van der Waals surface area contributed by atoms with Gasteiger partial charge in [0.1, 0.15) is 5.82 Å². The summed E-state index contributed by atoms with van der Waals surface area (Å²) in [6.45, 7) is 0. The fourth-order valence-electron chi connectivity index (χ4n) is 1.49. The third-order valence-electron chi connectivity index (χ3n) is 2.45. The van der Waals surface area contributed by atoms with Crippen LogP contribution in [-0.4, -0.2) is 10.8 Å². The van der Waals surface area contributed by atoms with E-state index in [2.05, 4.69) is 4.98 Å². The number of carbonyl (C=O) groups excluding carboxylic acids is 1. The molecule has 0 bridgehead atoms. The second-order valence-electron chi connectivity index (χ2n) is 3.70. The van der Waals surface area contributed by atoms with E-state index in [9.17, 15) is 9.18 Å². The number of nitrogens with zero attached hydrogens (tertiary/aromatic N) is 1. The number of hydrogen-bond donors (Lipinski definition) is 0. The van der Waals surface area contributed by atoms with Gasteiger partial charge in [0.25, 0.3) is 0 Å². The molecule has 1 aromatic carbocycles. The predicted molar refractivity (Wildman–Crippen MR) is 68.7 cm³/mol. The van der Waals surface area contributed by atoms with Crippen LogP contribution in [0, 0.1) is 5.82 Å². The monoisotopic (exact) mass is 283 g/mol. The number of halogens is 3. The van der Waals surface area contributed by atoms with Crippen molar-refractivity contribution in [1.82, 2.24) is 4.98 Å². The highest BCUT2D eigenvalue weighted by Crippen LogP contribution is 2.19. The van der Waals surface area contributed by atoms with Crippen molar-refractivity contribution >= 4 is 29.0 Å². The smallest absolute Gasteiger partial charge is 0.167 e. The topological polar surface area (TPSA) is 30.0 Å². The lowest BCUT2D eigenvalue weighted by molar-refractivity contribution is 0.0993. The van der Waals surface area contributed by atoms with Crippen LogP contribution in [0.3, 0.4) is 0 Å². The van der Waals surface area contributed by atoms with Crippen molar-refractivity contribution in [3.63, 3.8) is 0 Å². The molecule has 0 unspecified atom stereocenters. The third-order valence-corrected chi connectivity index (χ3v) is 3.08. The zero-order valence-corrected chi connectivity index (χ0v) is 10.7. The summed E-state index contributed by atoms with van der Waals surface area (Å²) in [4.78, 5) is 15.8. The molecule has 0 aliphatic heterocycles. The largest absolute Gasteiger partial charge is 0.294 e. The van der Waals surface area contributed by atoms with Crippen molar-refractivity contribution in [2.45, 2.75) is 6.42 Å². The quantitative estimate of drug-likeness (QED) is 0.799. The van der Waals surface area contributed by atoms with Gasteiger partial charge in [-0.25, -0.2) is 4.39 Å². The maximum atomic E-state index is 13.0. The van der Waals surface area contributed by atoms with Crippen molar-refractivity contribution in [3.8, 4) is 0 Å². The fourth-order valence-corrected chi connectivity index (χ4v) is 1.86. The molecule has 0 saturated carbocycles. The molecule has 0 atom stereocenters. The fraction of sp³-hybridized carbons (Fsp3) is 0.0769.